The number of thioether (sulfide) groups is 1. The zero-order valence-electron chi connectivity index (χ0n) is 14.9. The molecule has 27 heavy (non-hydrogen) atoms. The molecular weight excluding hydrogens is 384 g/mol. The van der Waals surface area contributed by atoms with Crippen molar-refractivity contribution in [2.75, 3.05) is 12.9 Å². The van der Waals surface area contributed by atoms with Gasteiger partial charge in [0.05, 0.1) is 18.9 Å². The molecule has 1 heterocycles. The van der Waals surface area contributed by atoms with Crippen molar-refractivity contribution in [2.45, 2.75) is 18.1 Å². The highest BCUT2D eigenvalue weighted by molar-refractivity contribution is 7.99. The van der Waals surface area contributed by atoms with Gasteiger partial charge in [0.15, 0.2) is 5.82 Å². The summed E-state index contributed by atoms with van der Waals surface area (Å²) in [6.45, 7) is 1.93. The normalized spacial score (nSPS) is 11.8. The molecule has 0 unspecified atom stereocenters. The van der Waals surface area contributed by atoms with E-state index in [-0.39, 0.29) is 17.7 Å². The molecular formula is C19H19ClN4O2S. The number of halogens is 1. The molecule has 0 saturated heterocycles. The SMILES string of the molecule is COc1ccc(-c2nc(SCC(=O)N[C@@H](C)c3ccc(Cl)cc3)n[nH]2)cc1. The molecule has 140 valence electrons. The number of carbonyl (C=O) groups is 1. The molecule has 3 rings (SSSR count). The van der Waals surface area contributed by atoms with Gasteiger partial charge in [-0.2, -0.15) is 0 Å². The summed E-state index contributed by atoms with van der Waals surface area (Å²) >= 11 is 7.17. The Balaban J connectivity index is 1.53. The highest BCUT2D eigenvalue weighted by Crippen LogP contribution is 2.22. The molecule has 1 amide bonds. The molecule has 2 aromatic carbocycles. The van der Waals surface area contributed by atoms with Crippen molar-refractivity contribution in [3.05, 3.63) is 59.1 Å². The van der Waals surface area contributed by atoms with Crippen molar-refractivity contribution in [3.8, 4) is 17.1 Å². The second kappa shape index (κ2) is 8.92. The van der Waals surface area contributed by atoms with Crippen molar-refractivity contribution in [1.29, 1.82) is 0 Å². The summed E-state index contributed by atoms with van der Waals surface area (Å²) in [6.07, 6.45) is 0. The van der Waals surface area contributed by atoms with Crippen molar-refractivity contribution in [1.82, 2.24) is 20.5 Å². The second-order valence-corrected chi connectivity index (χ2v) is 7.20. The fourth-order valence-corrected chi connectivity index (χ4v) is 3.17. The summed E-state index contributed by atoms with van der Waals surface area (Å²) in [5, 5.41) is 11.2. The molecule has 0 fully saturated rings. The molecule has 0 aliphatic carbocycles. The lowest BCUT2D eigenvalue weighted by molar-refractivity contribution is -0.119. The van der Waals surface area contributed by atoms with Gasteiger partial charge >= 0.3 is 0 Å². The maximum Gasteiger partial charge on any atom is 0.230 e. The van der Waals surface area contributed by atoms with Crippen molar-refractivity contribution in [2.24, 2.45) is 0 Å². The summed E-state index contributed by atoms with van der Waals surface area (Å²) in [6, 6.07) is 14.8. The molecule has 1 atom stereocenters. The molecule has 0 bridgehead atoms. The van der Waals surface area contributed by atoms with Gasteiger partial charge in [-0.3, -0.25) is 9.89 Å². The van der Waals surface area contributed by atoms with Crippen molar-refractivity contribution in [3.63, 3.8) is 0 Å². The Kier molecular flexibility index (Phi) is 6.36. The van der Waals surface area contributed by atoms with Gasteiger partial charge in [-0.15, -0.1) is 5.10 Å². The number of nitrogens with one attached hydrogen (secondary N) is 2. The van der Waals surface area contributed by atoms with Crippen LogP contribution in [0.25, 0.3) is 11.4 Å². The first-order valence-corrected chi connectivity index (χ1v) is 9.66. The van der Waals surface area contributed by atoms with Crippen molar-refractivity contribution < 1.29 is 9.53 Å². The number of aromatic amines is 1. The van der Waals surface area contributed by atoms with Crippen LogP contribution in [-0.4, -0.2) is 34.0 Å². The van der Waals surface area contributed by atoms with E-state index in [0.29, 0.717) is 16.0 Å². The van der Waals surface area contributed by atoms with Crippen LogP contribution in [0.1, 0.15) is 18.5 Å². The molecule has 0 saturated carbocycles. The quantitative estimate of drug-likeness (QED) is 0.581. The van der Waals surface area contributed by atoms with Crippen LogP contribution in [-0.2, 0) is 4.79 Å². The first kappa shape index (κ1) is 19.3. The van der Waals surface area contributed by atoms with E-state index in [9.17, 15) is 4.79 Å². The summed E-state index contributed by atoms with van der Waals surface area (Å²) in [5.41, 5.74) is 1.90. The number of ether oxygens (including phenoxy) is 1. The number of H-pyrrole nitrogens is 1. The Morgan fingerprint density at radius 2 is 1.93 bits per heavy atom. The predicted octanol–water partition coefficient (Wildman–Crippen LogP) is 4.10. The predicted molar refractivity (Wildman–Crippen MR) is 107 cm³/mol. The van der Waals surface area contributed by atoms with Crippen LogP contribution >= 0.6 is 23.4 Å². The number of carbonyl (C=O) groups excluding carboxylic acids is 1. The van der Waals surface area contributed by atoms with E-state index in [2.05, 4.69) is 20.5 Å². The summed E-state index contributed by atoms with van der Waals surface area (Å²) < 4.78 is 5.14. The van der Waals surface area contributed by atoms with Gasteiger partial charge in [-0.25, -0.2) is 4.98 Å². The average Bonchev–Trinajstić information content (AvgIpc) is 3.16. The fourth-order valence-electron chi connectivity index (χ4n) is 2.44. The third kappa shape index (κ3) is 5.24. The lowest BCUT2D eigenvalue weighted by Crippen LogP contribution is -2.28. The number of hydrogen-bond donors (Lipinski definition) is 2. The molecule has 0 aliphatic rings. The third-order valence-corrected chi connectivity index (χ3v) is 5.01. The van der Waals surface area contributed by atoms with Gasteiger partial charge in [0.1, 0.15) is 5.75 Å². The molecule has 0 radical (unpaired) electrons. The topological polar surface area (TPSA) is 79.9 Å². The molecule has 2 N–H and O–H groups in total. The zero-order valence-corrected chi connectivity index (χ0v) is 16.5. The van der Waals surface area contributed by atoms with Gasteiger partial charge in [0.25, 0.3) is 0 Å². The van der Waals surface area contributed by atoms with Crippen LogP contribution in [0.5, 0.6) is 5.75 Å². The molecule has 0 aliphatic heterocycles. The fraction of sp³-hybridized carbons (Fsp3) is 0.211. The number of benzene rings is 2. The van der Waals surface area contributed by atoms with Gasteiger partial charge in [0, 0.05) is 10.6 Å². The van der Waals surface area contributed by atoms with Crippen LogP contribution in [0.2, 0.25) is 5.02 Å². The Bertz CT molecular complexity index is 897. The number of hydrogen-bond acceptors (Lipinski definition) is 5. The third-order valence-electron chi connectivity index (χ3n) is 3.91. The lowest BCUT2D eigenvalue weighted by atomic mass is 10.1. The summed E-state index contributed by atoms with van der Waals surface area (Å²) in [4.78, 5) is 16.6. The smallest absolute Gasteiger partial charge is 0.230 e. The Morgan fingerprint density at radius 1 is 1.22 bits per heavy atom. The van der Waals surface area contributed by atoms with E-state index in [0.717, 1.165) is 16.9 Å². The minimum absolute atomic E-state index is 0.0850. The van der Waals surface area contributed by atoms with E-state index in [1.54, 1.807) is 7.11 Å². The second-order valence-electron chi connectivity index (χ2n) is 5.82. The van der Waals surface area contributed by atoms with E-state index >= 15 is 0 Å². The maximum absolute atomic E-state index is 12.2. The number of aromatic nitrogens is 3. The van der Waals surface area contributed by atoms with Gasteiger partial charge in [-0.05, 0) is 48.9 Å². The Morgan fingerprint density at radius 3 is 2.59 bits per heavy atom. The summed E-state index contributed by atoms with van der Waals surface area (Å²) in [7, 11) is 1.62. The number of rotatable bonds is 7. The Labute approximate surface area is 166 Å². The monoisotopic (exact) mass is 402 g/mol. The first-order chi connectivity index (χ1) is 13.0. The summed E-state index contributed by atoms with van der Waals surface area (Å²) in [5.74, 6) is 1.57. The number of nitrogens with zero attached hydrogens (tertiary/aromatic N) is 2. The van der Waals surface area contributed by atoms with Gasteiger partial charge in [0.2, 0.25) is 11.1 Å². The molecule has 6 nitrogen and oxygen atoms in total. The Hall–Kier alpha value is -2.51. The van der Waals surface area contributed by atoms with Crippen molar-refractivity contribution >= 4 is 29.3 Å². The molecule has 8 heteroatoms. The van der Waals surface area contributed by atoms with Gasteiger partial charge in [-0.1, -0.05) is 35.5 Å². The van der Waals surface area contributed by atoms with Crippen LogP contribution in [0.4, 0.5) is 0 Å². The van der Waals surface area contributed by atoms with E-state index in [4.69, 9.17) is 16.3 Å². The van der Waals surface area contributed by atoms with Crippen LogP contribution in [0, 0.1) is 0 Å². The van der Waals surface area contributed by atoms with Crippen LogP contribution in [0.3, 0.4) is 0 Å². The van der Waals surface area contributed by atoms with Crippen LogP contribution < -0.4 is 10.1 Å². The standard InChI is InChI=1S/C19H19ClN4O2S/c1-12(13-3-7-15(20)8-4-13)21-17(25)11-27-19-22-18(23-24-19)14-5-9-16(26-2)10-6-14/h3-10,12H,11H2,1-2H3,(H,21,25)(H,22,23,24)/t12-/m0/s1. The largest absolute Gasteiger partial charge is 0.497 e. The zero-order chi connectivity index (χ0) is 19.2. The molecule has 3 aromatic rings. The van der Waals surface area contributed by atoms with E-state index in [1.807, 2.05) is 55.5 Å². The average molecular weight is 403 g/mol. The van der Waals surface area contributed by atoms with Crippen LogP contribution in [0.15, 0.2) is 53.7 Å². The highest BCUT2D eigenvalue weighted by Gasteiger charge is 2.12. The molecule has 1 aromatic heterocycles. The minimum atomic E-state index is -0.0997. The van der Waals surface area contributed by atoms with E-state index in [1.165, 1.54) is 11.8 Å². The minimum Gasteiger partial charge on any atom is -0.497 e. The van der Waals surface area contributed by atoms with E-state index < -0.39 is 0 Å². The number of amides is 1. The van der Waals surface area contributed by atoms with Gasteiger partial charge < -0.3 is 10.1 Å². The first-order valence-electron chi connectivity index (χ1n) is 8.29. The lowest BCUT2D eigenvalue weighted by Gasteiger charge is -2.13. The molecule has 0 spiro atoms. The highest BCUT2D eigenvalue weighted by atomic mass is 35.5. The maximum atomic E-state index is 12.2. The number of methoxy groups -OCH3 is 1.